The fourth-order valence-electron chi connectivity index (χ4n) is 4.90. The van der Waals surface area contributed by atoms with Crippen LogP contribution in [0, 0.1) is 13.8 Å². The van der Waals surface area contributed by atoms with Crippen molar-refractivity contribution in [2.24, 2.45) is 0 Å². The smallest absolute Gasteiger partial charge is 0.475 e. The summed E-state index contributed by atoms with van der Waals surface area (Å²) >= 11 is 0. The number of urea groups is 1. The number of aliphatic carboxylic acids is 1. The van der Waals surface area contributed by atoms with Crippen molar-refractivity contribution in [2.75, 3.05) is 41.3 Å². The molecule has 202 valence electrons. The topological polar surface area (TPSA) is 128 Å². The van der Waals surface area contributed by atoms with Crippen LogP contribution in [0.25, 0.3) is 5.65 Å². The molecule has 0 aromatic carbocycles. The van der Waals surface area contributed by atoms with Crippen molar-refractivity contribution < 1.29 is 27.9 Å². The summed E-state index contributed by atoms with van der Waals surface area (Å²) in [7, 11) is 0. The van der Waals surface area contributed by atoms with Crippen LogP contribution in [0.15, 0.2) is 24.5 Å². The number of aryl methyl sites for hydroxylation is 2. The molecule has 38 heavy (non-hydrogen) atoms. The lowest BCUT2D eigenvalue weighted by Crippen LogP contribution is -2.52. The normalized spacial score (nSPS) is 17.7. The van der Waals surface area contributed by atoms with E-state index in [4.69, 9.17) is 9.90 Å². The lowest BCUT2D eigenvalue weighted by molar-refractivity contribution is -0.192. The molecule has 3 aromatic heterocycles. The van der Waals surface area contributed by atoms with Gasteiger partial charge in [-0.25, -0.2) is 24.1 Å². The van der Waals surface area contributed by atoms with E-state index in [-0.39, 0.29) is 6.03 Å². The van der Waals surface area contributed by atoms with Crippen molar-refractivity contribution in [1.29, 1.82) is 0 Å². The molecule has 6 rings (SSSR count). The van der Waals surface area contributed by atoms with Gasteiger partial charge in [0.15, 0.2) is 11.5 Å². The Labute approximate surface area is 215 Å². The third-order valence-corrected chi connectivity index (χ3v) is 6.87. The van der Waals surface area contributed by atoms with E-state index in [2.05, 4.69) is 36.7 Å². The Balaban J connectivity index is 0.000000374. The van der Waals surface area contributed by atoms with Crippen molar-refractivity contribution in [3.63, 3.8) is 0 Å². The minimum absolute atomic E-state index is 0.203. The zero-order chi connectivity index (χ0) is 27.2. The second-order valence-corrected chi connectivity index (χ2v) is 9.76. The van der Waals surface area contributed by atoms with E-state index in [1.807, 2.05) is 32.3 Å². The average molecular weight is 533 g/mol. The number of carbonyl (C=O) groups is 2. The molecule has 3 N–H and O–H groups in total. The number of amides is 2. The van der Waals surface area contributed by atoms with Crippen LogP contribution in [0.1, 0.15) is 29.7 Å². The molecule has 1 saturated carbocycles. The fraction of sp³-hybridized carbons (Fsp3) is 0.458. The summed E-state index contributed by atoms with van der Waals surface area (Å²) in [5.41, 5.74) is 5.35. The van der Waals surface area contributed by atoms with Gasteiger partial charge in [-0.1, -0.05) is 0 Å². The molecule has 0 unspecified atom stereocenters. The molecule has 0 atom stereocenters. The maximum atomic E-state index is 13.1. The molecule has 0 bridgehead atoms. The number of anilines is 3. The predicted octanol–water partition coefficient (Wildman–Crippen LogP) is 2.91. The first-order valence-electron chi connectivity index (χ1n) is 12.2. The molecule has 2 fully saturated rings. The average Bonchev–Trinajstić information content (AvgIpc) is 3.25. The van der Waals surface area contributed by atoms with Crippen LogP contribution in [0.3, 0.4) is 0 Å². The van der Waals surface area contributed by atoms with E-state index in [1.54, 1.807) is 9.42 Å². The highest BCUT2D eigenvalue weighted by molar-refractivity contribution is 6.02. The van der Waals surface area contributed by atoms with E-state index in [1.165, 1.54) is 24.1 Å². The highest BCUT2D eigenvalue weighted by Crippen LogP contribution is 2.41. The number of nitrogens with zero attached hydrogens (tertiary/aromatic N) is 6. The second kappa shape index (κ2) is 9.42. The number of carboxylic acid groups (broad SMARTS) is 1. The molecule has 3 aliphatic rings. The van der Waals surface area contributed by atoms with Crippen molar-refractivity contribution in [3.05, 3.63) is 41.3 Å². The number of hydrogen-bond acceptors (Lipinski definition) is 7. The summed E-state index contributed by atoms with van der Waals surface area (Å²) in [4.78, 5) is 35.2. The van der Waals surface area contributed by atoms with Crippen molar-refractivity contribution in [2.45, 2.75) is 44.8 Å². The molecule has 0 radical (unpaired) electrons. The van der Waals surface area contributed by atoms with Crippen molar-refractivity contribution >= 4 is 35.0 Å². The number of aromatic nitrogens is 4. The summed E-state index contributed by atoms with van der Waals surface area (Å²) in [5, 5.41) is 18.2. The third kappa shape index (κ3) is 5.08. The van der Waals surface area contributed by atoms with Crippen molar-refractivity contribution in [3.8, 4) is 0 Å². The van der Waals surface area contributed by atoms with Crippen LogP contribution in [-0.2, 0) is 11.2 Å². The SMILES string of the molecule is Cc1cn2nc(NC(=O)N3CCc4c(N5CCNC6(CC6)C5)ccnc43)cc(C)c2n1.O=C(O)C(F)(F)F. The van der Waals surface area contributed by atoms with Crippen LogP contribution in [0.2, 0.25) is 0 Å². The molecule has 11 nitrogen and oxygen atoms in total. The van der Waals surface area contributed by atoms with Gasteiger partial charge in [-0.05, 0) is 50.8 Å². The summed E-state index contributed by atoms with van der Waals surface area (Å²) in [6.07, 6.45) is 1.91. The molecule has 3 aromatic rings. The summed E-state index contributed by atoms with van der Waals surface area (Å²) in [6, 6.07) is 3.75. The molecule has 2 amide bonds. The maximum absolute atomic E-state index is 13.1. The van der Waals surface area contributed by atoms with Crippen LogP contribution in [0.5, 0.6) is 0 Å². The van der Waals surface area contributed by atoms with Gasteiger partial charge in [0.05, 0.1) is 11.9 Å². The van der Waals surface area contributed by atoms with Crippen LogP contribution < -0.4 is 20.4 Å². The Morgan fingerprint density at radius 2 is 1.95 bits per heavy atom. The molecule has 2 aliphatic heterocycles. The van der Waals surface area contributed by atoms with Crippen LogP contribution in [-0.4, -0.2) is 74.6 Å². The standard InChI is InChI=1S/C22H26N8O.C2HF3O2/c1-14-11-18(27-30-12-15(2)25-19(14)30)26-21(31)29-9-4-16-17(3-7-23-20(16)29)28-10-8-24-22(13-28)5-6-22;3-2(4,5)1(6)7/h3,7,11-12,24H,4-6,8-10,13H2,1-2H3,(H,26,27,31);(H,6,7). The van der Waals surface area contributed by atoms with Gasteiger partial charge in [-0.15, -0.1) is 5.10 Å². The molecular formula is C24H27F3N8O3. The number of halogens is 3. The molecule has 1 aliphatic carbocycles. The van der Waals surface area contributed by atoms with Gasteiger partial charge < -0.3 is 15.3 Å². The minimum atomic E-state index is -5.08. The monoisotopic (exact) mass is 532 g/mol. The molecule has 5 heterocycles. The van der Waals surface area contributed by atoms with E-state index < -0.39 is 12.1 Å². The maximum Gasteiger partial charge on any atom is 0.490 e. The zero-order valence-corrected chi connectivity index (χ0v) is 20.8. The van der Waals surface area contributed by atoms with Crippen LogP contribution >= 0.6 is 0 Å². The number of hydrogen-bond donors (Lipinski definition) is 3. The van der Waals surface area contributed by atoms with Crippen molar-refractivity contribution in [1.82, 2.24) is 24.9 Å². The number of rotatable bonds is 2. The Kier molecular flexibility index (Phi) is 6.37. The largest absolute Gasteiger partial charge is 0.490 e. The first-order valence-corrected chi connectivity index (χ1v) is 12.2. The van der Waals surface area contributed by atoms with Crippen LogP contribution in [0.4, 0.5) is 35.3 Å². The van der Waals surface area contributed by atoms with Gasteiger partial charge in [0.25, 0.3) is 0 Å². The molecule has 14 heteroatoms. The highest BCUT2D eigenvalue weighted by atomic mass is 19.4. The van der Waals surface area contributed by atoms with Gasteiger partial charge in [0.1, 0.15) is 5.82 Å². The second-order valence-electron chi connectivity index (χ2n) is 9.76. The number of carbonyl (C=O) groups excluding carboxylic acids is 1. The van der Waals surface area contributed by atoms with Gasteiger partial charge in [-0.3, -0.25) is 10.2 Å². The number of imidazole rings is 1. The third-order valence-electron chi connectivity index (χ3n) is 6.87. The lowest BCUT2D eigenvalue weighted by atomic mass is 10.1. The molecular weight excluding hydrogens is 505 g/mol. The Hall–Kier alpha value is -3.94. The Morgan fingerprint density at radius 1 is 1.21 bits per heavy atom. The van der Waals surface area contributed by atoms with E-state index in [0.717, 1.165) is 48.8 Å². The van der Waals surface area contributed by atoms with E-state index in [9.17, 15) is 18.0 Å². The van der Waals surface area contributed by atoms with E-state index >= 15 is 0 Å². The van der Waals surface area contributed by atoms with Gasteiger partial charge in [-0.2, -0.15) is 13.2 Å². The first-order chi connectivity index (χ1) is 18.0. The highest BCUT2D eigenvalue weighted by Gasteiger charge is 2.46. The first kappa shape index (κ1) is 25.7. The number of pyridine rings is 1. The van der Waals surface area contributed by atoms with E-state index in [0.29, 0.717) is 17.9 Å². The zero-order valence-electron chi connectivity index (χ0n) is 20.8. The summed E-state index contributed by atoms with van der Waals surface area (Å²) in [6.45, 7) is 7.54. The number of nitrogens with one attached hydrogen (secondary N) is 2. The summed E-state index contributed by atoms with van der Waals surface area (Å²) < 4.78 is 33.5. The summed E-state index contributed by atoms with van der Waals surface area (Å²) in [5.74, 6) is -1.49. The Bertz CT molecular complexity index is 1400. The predicted molar refractivity (Wildman–Crippen MR) is 133 cm³/mol. The Morgan fingerprint density at radius 3 is 2.63 bits per heavy atom. The fourth-order valence-corrected chi connectivity index (χ4v) is 4.90. The molecule has 1 spiro atoms. The quantitative estimate of drug-likeness (QED) is 0.460. The number of fused-ring (bicyclic) bond motifs is 2. The van der Waals surface area contributed by atoms with Gasteiger partial charge in [0, 0.05) is 49.2 Å². The van der Waals surface area contributed by atoms with Gasteiger partial charge >= 0.3 is 18.2 Å². The number of alkyl halides is 3. The van der Waals surface area contributed by atoms with Gasteiger partial charge in [0.2, 0.25) is 0 Å². The lowest BCUT2D eigenvalue weighted by Gasteiger charge is -2.36. The number of piperazine rings is 1. The number of carboxylic acids is 1. The molecule has 1 saturated heterocycles. The minimum Gasteiger partial charge on any atom is -0.475 e.